The summed E-state index contributed by atoms with van der Waals surface area (Å²) in [6.45, 7) is 10.5. The normalized spacial score (nSPS) is 12.8. The fourth-order valence-electron chi connectivity index (χ4n) is 1.21. The Morgan fingerprint density at radius 3 is 2.31 bits per heavy atom. The fraction of sp³-hybridized carbons (Fsp3) is 0.917. The van der Waals surface area contributed by atoms with Crippen LogP contribution in [0.2, 0.25) is 0 Å². The van der Waals surface area contributed by atoms with E-state index in [0.717, 1.165) is 24.5 Å². The first-order valence-corrected chi connectivity index (χ1v) is 6.97. The topological polar surface area (TPSA) is 49.3 Å². The van der Waals surface area contributed by atoms with Crippen LogP contribution in [0.3, 0.4) is 0 Å². The largest absolute Gasteiger partial charge is 0.481 e. The molecule has 2 N–H and O–H groups in total. The van der Waals surface area contributed by atoms with E-state index in [1.807, 2.05) is 25.6 Å². The van der Waals surface area contributed by atoms with E-state index in [2.05, 4.69) is 12.2 Å². The number of nitrogens with one attached hydrogen (secondary N) is 1. The Bertz CT molecular complexity index is 227. The number of carboxylic acids is 1. The second-order valence-corrected chi connectivity index (χ2v) is 6.43. The van der Waals surface area contributed by atoms with Crippen LogP contribution in [0.1, 0.15) is 41.0 Å². The molecule has 0 bridgehead atoms. The maximum absolute atomic E-state index is 11.2. The Labute approximate surface area is 103 Å². The second kappa shape index (κ2) is 6.50. The summed E-state index contributed by atoms with van der Waals surface area (Å²) in [7, 11) is 0. The van der Waals surface area contributed by atoms with Crippen LogP contribution in [-0.4, -0.2) is 34.7 Å². The van der Waals surface area contributed by atoms with Crippen molar-refractivity contribution in [2.75, 3.05) is 18.1 Å². The summed E-state index contributed by atoms with van der Waals surface area (Å²) in [6.07, 6.45) is 1.08. The zero-order valence-electron chi connectivity index (χ0n) is 11.1. The minimum Gasteiger partial charge on any atom is -0.481 e. The Balaban J connectivity index is 4.09. The molecule has 3 nitrogen and oxygen atoms in total. The number of hydrogen-bond donors (Lipinski definition) is 2. The molecule has 0 aliphatic heterocycles. The number of rotatable bonds is 8. The summed E-state index contributed by atoms with van der Waals surface area (Å²) < 4.78 is 0. The molecule has 0 fully saturated rings. The molecule has 0 unspecified atom stereocenters. The minimum absolute atomic E-state index is 0.393. The average molecular weight is 247 g/mol. The van der Waals surface area contributed by atoms with Gasteiger partial charge in [0.1, 0.15) is 0 Å². The molecule has 0 atom stereocenters. The number of hydrogen-bond acceptors (Lipinski definition) is 3. The van der Waals surface area contributed by atoms with E-state index < -0.39 is 16.9 Å². The van der Waals surface area contributed by atoms with Crippen LogP contribution in [0.4, 0.5) is 0 Å². The Hall–Kier alpha value is -0.220. The van der Waals surface area contributed by atoms with Gasteiger partial charge in [0.05, 0.1) is 5.41 Å². The van der Waals surface area contributed by atoms with E-state index in [0.29, 0.717) is 0 Å². The molecule has 4 heteroatoms. The van der Waals surface area contributed by atoms with Crippen molar-refractivity contribution in [3.05, 3.63) is 0 Å². The van der Waals surface area contributed by atoms with Gasteiger partial charge >= 0.3 is 5.97 Å². The highest BCUT2D eigenvalue weighted by molar-refractivity contribution is 7.99. The lowest BCUT2D eigenvalue weighted by Gasteiger charge is -2.39. The molecule has 0 aromatic heterocycles. The molecule has 0 aromatic carbocycles. The van der Waals surface area contributed by atoms with E-state index in [1.54, 1.807) is 13.8 Å². The van der Waals surface area contributed by atoms with Gasteiger partial charge in [-0.05, 0) is 52.2 Å². The van der Waals surface area contributed by atoms with Crippen LogP contribution in [0, 0.1) is 5.41 Å². The van der Waals surface area contributed by atoms with Gasteiger partial charge in [-0.2, -0.15) is 11.8 Å². The molecular weight excluding hydrogens is 222 g/mol. The molecule has 0 radical (unpaired) electrons. The van der Waals surface area contributed by atoms with Crippen molar-refractivity contribution in [3.63, 3.8) is 0 Å². The lowest BCUT2D eigenvalue weighted by Crippen LogP contribution is -2.55. The van der Waals surface area contributed by atoms with E-state index in [-0.39, 0.29) is 0 Å². The third kappa shape index (κ3) is 4.34. The van der Waals surface area contributed by atoms with Gasteiger partial charge in [0.2, 0.25) is 0 Å². The van der Waals surface area contributed by atoms with Gasteiger partial charge in [-0.3, -0.25) is 4.79 Å². The second-order valence-electron chi connectivity index (χ2n) is 5.03. The lowest BCUT2D eigenvalue weighted by atomic mass is 9.74. The summed E-state index contributed by atoms with van der Waals surface area (Å²) in [5, 5.41) is 12.5. The maximum atomic E-state index is 11.2. The zero-order chi connectivity index (χ0) is 12.8. The van der Waals surface area contributed by atoms with Crippen LogP contribution >= 0.6 is 11.8 Å². The van der Waals surface area contributed by atoms with E-state index in [4.69, 9.17) is 0 Å². The van der Waals surface area contributed by atoms with E-state index in [1.165, 1.54) is 0 Å². The maximum Gasteiger partial charge on any atom is 0.310 e. The monoisotopic (exact) mass is 247 g/mol. The predicted molar refractivity (Wildman–Crippen MR) is 71.1 cm³/mol. The highest BCUT2D eigenvalue weighted by Crippen LogP contribution is 2.30. The van der Waals surface area contributed by atoms with Crippen molar-refractivity contribution in [1.29, 1.82) is 0 Å². The molecule has 0 aliphatic rings. The Morgan fingerprint density at radius 2 is 1.88 bits per heavy atom. The van der Waals surface area contributed by atoms with Gasteiger partial charge in [0.25, 0.3) is 0 Å². The molecule has 0 aliphatic carbocycles. The van der Waals surface area contributed by atoms with Crippen LogP contribution in [-0.2, 0) is 4.79 Å². The zero-order valence-corrected chi connectivity index (χ0v) is 11.9. The van der Waals surface area contributed by atoms with Gasteiger partial charge in [-0.15, -0.1) is 0 Å². The van der Waals surface area contributed by atoms with Crippen molar-refractivity contribution < 1.29 is 9.90 Å². The summed E-state index contributed by atoms with van der Waals surface area (Å²) in [6, 6.07) is 0. The molecule has 96 valence electrons. The van der Waals surface area contributed by atoms with Gasteiger partial charge in [0, 0.05) is 5.54 Å². The van der Waals surface area contributed by atoms with Crippen molar-refractivity contribution in [2.24, 2.45) is 5.41 Å². The molecule has 0 saturated heterocycles. The molecule has 16 heavy (non-hydrogen) atoms. The number of carboxylic acid groups (broad SMARTS) is 1. The van der Waals surface area contributed by atoms with Crippen LogP contribution in [0.5, 0.6) is 0 Å². The van der Waals surface area contributed by atoms with E-state index >= 15 is 0 Å². The van der Waals surface area contributed by atoms with Gasteiger partial charge in [-0.25, -0.2) is 0 Å². The molecule has 0 amide bonds. The van der Waals surface area contributed by atoms with E-state index in [9.17, 15) is 9.90 Å². The number of thioether (sulfide) groups is 1. The third-order valence-electron chi connectivity index (χ3n) is 3.33. The number of carbonyl (C=O) groups is 1. The smallest absolute Gasteiger partial charge is 0.310 e. The summed E-state index contributed by atoms with van der Waals surface area (Å²) in [4.78, 5) is 11.2. The first kappa shape index (κ1) is 15.8. The predicted octanol–water partition coefficient (Wildman–Crippen LogP) is 2.61. The standard InChI is InChI=1S/C12H25NO2S/c1-6-16-9-7-8-13-12(4,5)11(2,3)10(14)15/h13H,6-9H2,1-5H3,(H,14,15). The highest BCUT2D eigenvalue weighted by atomic mass is 32.2. The minimum atomic E-state index is -0.759. The van der Waals surface area contributed by atoms with Crippen LogP contribution in [0.25, 0.3) is 0 Å². The highest BCUT2D eigenvalue weighted by Gasteiger charge is 2.42. The summed E-state index contributed by atoms with van der Waals surface area (Å²) >= 11 is 1.92. The van der Waals surface area contributed by atoms with Crippen molar-refractivity contribution in [2.45, 2.75) is 46.6 Å². The SMILES string of the molecule is CCSCCCNC(C)(C)C(C)(C)C(=O)O. The van der Waals surface area contributed by atoms with Crippen LogP contribution < -0.4 is 5.32 Å². The van der Waals surface area contributed by atoms with Crippen molar-refractivity contribution in [3.8, 4) is 0 Å². The summed E-state index contributed by atoms with van der Waals surface area (Å²) in [5.41, 5.74) is -1.15. The average Bonchev–Trinajstić information content (AvgIpc) is 2.16. The van der Waals surface area contributed by atoms with Gasteiger partial charge in [-0.1, -0.05) is 6.92 Å². The molecule has 0 aromatic rings. The third-order valence-corrected chi connectivity index (χ3v) is 4.32. The molecular formula is C12H25NO2S. The summed E-state index contributed by atoms with van der Waals surface area (Å²) in [5.74, 6) is 1.52. The quantitative estimate of drug-likeness (QED) is 0.647. The van der Waals surface area contributed by atoms with Gasteiger partial charge < -0.3 is 10.4 Å². The Morgan fingerprint density at radius 1 is 1.31 bits per heavy atom. The van der Waals surface area contributed by atoms with Crippen molar-refractivity contribution in [1.82, 2.24) is 5.32 Å². The molecule has 0 saturated carbocycles. The first-order chi connectivity index (χ1) is 7.25. The number of aliphatic carboxylic acids is 1. The fourth-order valence-corrected chi connectivity index (χ4v) is 1.84. The van der Waals surface area contributed by atoms with Gasteiger partial charge in [0.15, 0.2) is 0 Å². The molecule has 0 spiro atoms. The molecule has 0 rings (SSSR count). The van der Waals surface area contributed by atoms with Crippen LogP contribution in [0.15, 0.2) is 0 Å². The van der Waals surface area contributed by atoms with Crippen molar-refractivity contribution >= 4 is 17.7 Å². The molecule has 0 heterocycles. The first-order valence-electron chi connectivity index (χ1n) is 5.82. The Kier molecular flexibility index (Phi) is 6.41. The lowest BCUT2D eigenvalue weighted by molar-refractivity contribution is -0.151.